The number of hydrogen-bond donors (Lipinski definition) is 2. The molecule has 7 heteroatoms. The van der Waals surface area contributed by atoms with Gasteiger partial charge >= 0.3 is 0 Å². The minimum absolute atomic E-state index is 0.0736. The Balaban J connectivity index is 1.71. The van der Waals surface area contributed by atoms with Gasteiger partial charge < -0.3 is 25.4 Å². The Hall–Kier alpha value is -1.70. The molecule has 25 heavy (non-hydrogen) atoms. The predicted molar refractivity (Wildman–Crippen MR) is 92.8 cm³/mol. The van der Waals surface area contributed by atoms with Gasteiger partial charge in [-0.3, -0.25) is 4.79 Å². The molecule has 0 aromatic heterocycles. The Morgan fingerprint density at radius 1 is 1.20 bits per heavy atom. The highest BCUT2D eigenvalue weighted by molar-refractivity contribution is 5.83. The second-order valence-corrected chi connectivity index (χ2v) is 6.65. The molecule has 1 amide bonds. The van der Waals surface area contributed by atoms with Crippen LogP contribution in [-0.4, -0.2) is 52.0 Å². The van der Waals surface area contributed by atoms with Crippen LogP contribution < -0.4 is 16.0 Å². The number of rotatable bonds is 5. The van der Waals surface area contributed by atoms with E-state index in [9.17, 15) is 9.18 Å². The molecule has 2 heterocycles. The zero-order valence-electron chi connectivity index (χ0n) is 14.4. The summed E-state index contributed by atoms with van der Waals surface area (Å²) in [6, 6.07) is 4.72. The number of nitrogens with one attached hydrogen (secondary N) is 1. The molecule has 3 N–H and O–H groups in total. The first-order valence-corrected chi connectivity index (χ1v) is 8.82. The van der Waals surface area contributed by atoms with Crippen LogP contribution in [0.4, 0.5) is 10.1 Å². The van der Waals surface area contributed by atoms with Crippen LogP contribution in [0.2, 0.25) is 0 Å². The molecule has 2 fully saturated rings. The van der Waals surface area contributed by atoms with Crippen LogP contribution in [-0.2, 0) is 20.8 Å². The molecule has 1 aromatic carbocycles. The highest BCUT2D eigenvalue weighted by Gasteiger charge is 2.38. The first-order chi connectivity index (χ1) is 12.1. The summed E-state index contributed by atoms with van der Waals surface area (Å²) in [5.41, 5.74) is 7.02. The van der Waals surface area contributed by atoms with Crippen molar-refractivity contribution in [2.75, 3.05) is 51.0 Å². The summed E-state index contributed by atoms with van der Waals surface area (Å²) in [5, 5.41) is 2.97. The number of nitrogens with zero attached hydrogens (tertiary/aromatic N) is 1. The van der Waals surface area contributed by atoms with E-state index >= 15 is 0 Å². The van der Waals surface area contributed by atoms with Gasteiger partial charge in [-0.2, -0.15) is 0 Å². The Kier molecular flexibility index (Phi) is 5.88. The van der Waals surface area contributed by atoms with E-state index < -0.39 is 5.41 Å². The van der Waals surface area contributed by atoms with Crippen molar-refractivity contribution in [1.29, 1.82) is 0 Å². The first kappa shape index (κ1) is 18.1. The second-order valence-electron chi connectivity index (χ2n) is 6.65. The van der Waals surface area contributed by atoms with Crippen molar-refractivity contribution in [1.82, 2.24) is 5.32 Å². The molecular formula is C18H26FN3O3. The number of anilines is 1. The Labute approximate surface area is 147 Å². The van der Waals surface area contributed by atoms with E-state index in [0.29, 0.717) is 45.8 Å². The van der Waals surface area contributed by atoms with Crippen LogP contribution in [0.15, 0.2) is 18.2 Å². The highest BCUT2D eigenvalue weighted by atomic mass is 19.1. The molecule has 138 valence electrons. The maximum Gasteiger partial charge on any atom is 0.227 e. The van der Waals surface area contributed by atoms with Crippen LogP contribution in [0.5, 0.6) is 0 Å². The summed E-state index contributed by atoms with van der Waals surface area (Å²) in [4.78, 5) is 14.9. The molecule has 0 radical (unpaired) electrons. The van der Waals surface area contributed by atoms with Gasteiger partial charge in [0.05, 0.1) is 18.6 Å². The summed E-state index contributed by atoms with van der Waals surface area (Å²) >= 11 is 0. The van der Waals surface area contributed by atoms with E-state index in [4.69, 9.17) is 15.2 Å². The third-order valence-corrected chi connectivity index (χ3v) is 5.16. The third-order valence-electron chi connectivity index (χ3n) is 5.16. The predicted octanol–water partition coefficient (Wildman–Crippen LogP) is 1.03. The SMILES string of the molecule is NCC1(C(=O)NCc2cc(F)ccc2N2CCOCC2)CCOCC1. The van der Waals surface area contributed by atoms with Crippen molar-refractivity contribution >= 4 is 11.6 Å². The highest BCUT2D eigenvalue weighted by Crippen LogP contribution is 2.30. The average molecular weight is 351 g/mol. The van der Waals surface area contributed by atoms with E-state index in [2.05, 4.69) is 10.2 Å². The van der Waals surface area contributed by atoms with E-state index in [-0.39, 0.29) is 18.3 Å². The summed E-state index contributed by atoms with van der Waals surface area (Å²) in [6.45, 7) is 4.49. The molecule has 1 aromatic rings. The van der Waals surface area contributed by atoms with Crippen molar-refractivity contribution in [3.8, 4) is 0 Å². The molecule has 6 nitrogen and oxygen atoms in total. The molecule has 2 aliphatic rings. The molecule has 3 rings (SSSR count). The number of benzene rings is 1. The lowest BCUT2D eigenvalue weighted by Gasteiger charge is -2.35. The number of nitrogens with two attached hydrogens (primary N) is 1. The molecule has 0 spiro atoms. The first-order valence-electron chi connectivity index (χ1n) is 8.82. The Morgan fingerprint density at radius 3 is 2.56 bits per heavy atom. The molecule has 0 bridgehead atoms. The van der Waals surface area contributed by atoms with Gasteiger partial charge in [0.1, 0.15) is 5.82 Å². The van der Waals surface area contributed by atoms with Crippen LogP contribution >= 0.6 is 0 Å². The topological polar surface area (TPSA) is 76.8 Å². The van der Waals surface area contributed by atoms with Gasteiger partial charge in [0.2, 0.25) is 5.91 Å². The normalized spacial score (nSPS) is 20.3. The lowest BCUT2D eigenvalue weighted by molar-refractivity contribution is -0.136. The fraction of sp³-hybridized carbons (Fsp3) is 0.611. The zero-order chi connectivity index (χ0) is 17.7. The van der Waals surface area contributed by atoms with Crippen molar-refractivity contribution in [3.05, 3.63) is 29.6 Å². The monoisotopic (exact) mass is 351 g/mol. The van der Waals surface area contributed by atoms with Crippen LogP contribution in [0.3, 0.4) is 0 Å². The van der Waals surface area contributed by atoms with Crippen molar-refractivity contribution in [3.63, 3.8) is 0 Å². The minimum Gasteiger partial charge on any atom is -0.381 e. The Morgan fingerprint density at radius 2 is 1.88 bits per heavy atom. The number of carbonyl (C=O) groups excluding carboxylic acids is 1. The van der Waals surface area contributed by atoms with Gasteiger partial charge in [0.25, 0.3) is 0 Å². The number of ether oxygens (including phenoxy) is 2. The fourth-order valence-electron chi connectivity index (χ4n) is 3.46. The minimum atomic E-state index is -0.579. The van der Waals surface area contributed by atoms with E-state index in [1.54, 1.807) is 6.07 Å². The quantitative estimate of drug-likeness (QED) is 0.829. The Bertz CT molecular complexity index is 599. The molecule has 0 atom stereocenters. The lowest BCUT2D eigenvalue weighted by atomic mass is 9.79. The molecule has 2 aliphatic heterocycles. The fourth-order valence-corrected chi connectivity index (χ4v) is 3.46. The molecular weight excluding hydrogens is 325 g/mol. The summed E-state index contributed by atoms with van der Waals surface area (Å²) < 4.78 is 24.5. The van der Waals surface area contributed by atoms with Gasteiger partial charge in [0.15, 0.2) is 0 Å². The average Bonchev–Trinajstić information content (AvgIpc) is 2.67. The van der Waals surface area contributed by atoms with E-state index in [1.807, 2.05) is 0 Å². The van der Waals surface area contributed by atoms with Crippen LogP contribution in [0.1, 0.15) is 18.4 Å². The van der Waals surface area contributed by atoms with Gasteiger partial charge in [-0.15, -0.1) is 0 Å². The van der Waals surface area contributed by atoms with Crippen LogP contribution in [0, 0.1) is 11.2 Å². The van der Waals surface area contributed by atoms with Gasteiger partial charge in [-0.25, -0.2) is 4.39 Å². The summed E-state index contributed by atoms with van der Waals surface area (Å²) in [6.07, 6.45) is 1.24. The number of carbonyl (C=O) groups is 1. The van der Waals surface area contributed by atoms with Gasteiger partial charge in [0, 0.05) is 45.1 Å². The molecule has 2 saturated heterocycles. The third kappa shape index (κ3) is 4.11. The number of hydrogen-bond acceptors (Lipinski definition) is 5. The van der Waals surface area contributed by atoms with Crippen molar-refractivity contribution in [2.24, 2.45) is 11.1 Å². The number of amides is 1. The molecule has 0 aliphatic carbocycles. The standard InChI is InChI=1S/C18H26FN3O3/c19-15-1-2-16(22-5-9-25-10-6-22)14(11-15)12-21-17(23)18(13-20)3-7-24-8-4-18/h1-2,11H,3-10,12-13,20H2,(H,21,23). The van der Waals surface area contributed by atoms with E-state index in [0.717, 1.165) is 24.3 Å². The smallest absolute Gasteiger partial charge is 0.227 e. The van der Waals surface area contributed by atoms with Crippen molar-refractivity contribution < 1.29 is 18.7 Å². The molecule has 0 saturated carbocycles. The zero-order valence-corrected chi connectivity index (χ0v) is 14.4. The number of morpholine rings is 1. The van der Waals surface area contributed by atoms with E-state index in [1.165, 1.54) is 12.1 Å². The second kappa shape index (κ2) is 8.12. The molecule has 0 unspecified atom stereocenters. The van der Waals surface area contributed by atoms with Crippen LogP contribution in [0.25, 0.3) is 0 Å². The lowest BCUT2D eigenvalue weighted by Crippen LogP contribution is -2.49. The maximum atomic E-state index is 13.7. The van der Waals surface area contributed by atoms with Gasteiger partial charge in [-0.1, -0.05) is 0 Å². The van der Waals surface area contributed by atoms with Crippen molar-refractivity contribution in [2.45, 2.75) is 19.4 Å². The largest absolute Gasteiger partial charge is 0.381 e. The summed E-state index contributed by atoms with van der Waals surface area (Å²) in [5.74, 6) is -0.378. The number of halogens is 1. The van der Waals surface area contributed by atoms with Gasteiger partial charge in [-0.05, 0) is 36.6 Å². The maximum absolute atomic E-state index is 13.7. The summed E-state index contributed by atoms with van der Waals surface area (Å²) in [7, 11) is 0.